The molecular weight excluding hydrogens is 226 g/mol. The van der Waals surface area contributed by atoms with Crippen LogP contribution in [-0.2, 0) is 10.8 Å². The van der Waals surface area contributed by atoms with E-state index in [1.54, 1.807) is 0 Å². The molecule has 0 aromatic heterocycles. The monoisotopic (exact) mass is 231 g/mol. The zero-order chi connectivity index (χ0) is 7.84. The van der Waals surface area contributed by atoms with Gasteiger partial charge < -0.3 is 5.32 Å². The Morgan fingerprint density at radius 2 is 2.36 bits per heavy atom. The summed E-state index contributed by atoms with van der Waals surface area (Å²) in [6.07, 6.45) is 0. The van der Waals surface area contributed by atoms with Crippen LogP contribution in [0.15, 0.2) is 27.6 Å². The Bertz CT molecular complexity index is 326. The summed E-state index contributed by atoms with van der Waals surface area (Å²) in [6, 6.07) is 5.77. The normalized spacial score (nSPS) is 21.0. The van der Waals surface area contributed by atoms with Crippen LogP contribution in [0.3, 0.4) is 0 Å². The SMILES string of the molecule is O=[S@@]1CNc2ccc(Br)cc21. The van der Waals surface area contributed by atoms with Gasteiger partial charge in [-0.1, -0.05) is 15.9 Å². The molecule has 1 N–H and O–H groups in total. The Morgan fingerprint density at radius 1 is 1.55 bits per heavy atom. The average Bonchev–Trinajstić information content (AvgIpc) is 2.33. The van der Waals surface area contributed by atoms with Crippen molar-refractivity contribution in [1.29, 1.82) is 0 Å². The molecule has 0 spiro atoms. The van der Waals surface area contributed by atoms with E-state index in [0.717, 1.165) is 15.1 Å². The molecule has 0 fully saturated rings. The lowest BCUT2D eigenvalue weighted by Gasteiger charge is -1.96. The van der Waals surface area contributed by atoms with Crippen molar-refractivity contribution < 1.29 is 4.21 Å². The van der Waals surface area contributed by atoms with Crippen molar-refractivity contribution in [3.8, 4) is 0 Å². The third kappa shape index (κ3) is 1.20. The van der Waals surface area contributed by atoms with Gasteiger partial charge in [-0.2, -0.15) is 0 Å². The summed E-state index contributed by atoms with van der Waals surface area (Å²) in [7, 11) is -0.849. The Kier molecular flexibility index (Phi) is 1.73. The quantitative estimate of drug-likeness (QED) is 0.740. The van der Waals surface area contributed by atoms with E-state index in [0.29, 0.717) is 5.88 Å². The topological polar surface area (TPSA) is 29.1 Å². The molecule has 0 amide bonds. The van der Waals surface area contributed by atoms with E-state index in [9.17, 15) is 4.21 Å². The van der Waals surface area contributed by atoms with Crippen LogP contribution in [0.25, 0.3) is 0 Å². The second-order valence-electron chi connectivity index (χ2n) is 2.31. The van der Waals surface area contributed by atoms with Gasteiger partial charge in [-0.15, -0.1) is 0 Å². The Balaban J connectivity index is 2.60. The predicted octanol–water partition coefficient (Wildman–Crippen LogP) is 1.94. The molecule has 0 unspecified atom stereocenters. The van der Waals surface area contributed by atoms with Crippen LogP contribution in [0.2, 0.25) is 0 Å². The van der Waals surface area contributed by atoms with Crippen LogP contribution in [0.1, 0.15) is 0 Å². The molecule has 2 rings (SSSR count). The van der Waals surface area contributed by atoms with Crippen molar-refractivity contribution in [3.63, 3.8) is 0 Å². The number of nitrogens with one attached hydrogen (secondary N) is 1. The van der Waals surface area contributed by atoms with E-state index < -0.39 is 10.8 Å². The first kappa shape index (κ1) is 7.31. The summed E-state index contributed by atoms with van der Waals surface area (Å²) in [6.45, 7) is 0. The lowest BCUT2D eigenvalue weighted by Crippen LogP contribution is -1.94. The van der Waals surface area contributed by atoms with Gasteiger partial charge in [0.2, 0.25) is 0 Å². The molecule has 1 aromatic carbocycles. The number of rotatable bonds is 0. The number of anilines is 1. The van der Waals surface area contributed by atoms with Gasteiger partial charge in [0.1, 0.15) is 0 Å². The predicted molar refractivity (Wildman–Crippen MR) is 49.0 cm³/mol. The molecule has 1 heterocycles. The van der Waals surface area contributed by atoms with Crippen molar-refractivity contribution in [2.24, 2.45) is 0 Å². The fraction of sp³-hybridized carbons (Fsp3) is 0.143. The average molecular weight is 232 g/mol. The van der Waals surface area contributed by atoms with Crippen molar-refractivity contribution in [2.75, 3.05) is 11.2 Å². The minimum Gasteiger partial charge on any atom is -0.372 e. The maximum absolute atomic E-state index is 11.2. The highest BCUT2D eigenvalue weighted by atomic mass is 79.9. The molecule has 11 heavy (non-hydrogen) atoms. The first-order valence-corrected chi connectivity index (χ1v) is 5.30. The minimum absolute atomic E-state index is 0.547. The fourth-order valence-corrected chi connectivity index (χ4v) is 2.65. The molecule has 0 saturated carbocycles. The lowest BCUT2D eigenvalue weighted by atomic mass is 10.3. The van der Waals surface area contributed by atoms with Gasteiger partial charge in [-0.25, -0.2) is 0 Å². The number of hydrogen-bond acceptors (Lipinski definition) is 2. The highest BCUT2D eigenvalue weighted by molar-refractivity contribution is 9.10. The number of benzene rings is 1. The molecule has 4 heteroatoms. The van der Waals surface area contributed by atoms with Crippen molar-refractivity contribution in [3.05, 3.63) is 22.7 Å². The highest BCUT2D eigenvalue weighted by Gasteiger charge is 2.16. The largest absolute Gasteiger partial charge is 0.372 e. The molecule has 1 aliphatic heterocycles. The van der Waals surface area contributed by atoms with Crippen LogP contribution in [0.5, 0.6) is 0 Å². The zero-order valence-corrected chi connectivity index (χ0v) is 8.04. The van der Waals surface area contributed by atoms with E-state index in [1.165, 1.54) is 0 Å². The van der Waals surface area contributed by atoms with Crippen molar-refractivity contribution in [1.82, 2.24) is 0 Å². The molecule has 2 nitrogen and oxygen atoms in total. The third-order valence-corrected chi connectivity index (χ3v) is 3.31. The van der Waals surface area contributed by atoms with Gasteiger partial charge in [-0.05, 0) is 18.2 Å². The molecule has 58 valence electrons. The maximum Gasteiger partial charge on any atom is 0.0959 e. The molecule has 0 radical (unpaired) electrons. The van der Waals surface area contributed by atoms with Crippen LogP contribution in [0.4, 0.5) is 5.69 Å². The van der Waals surface area contributed by atoms with Crippen LogP contribution in [-0.4, -0.2) is 10.1 Å². The smallest absolute Gasteiger partial charge is 0.0959 e. The summed E-state index contributed by atoms with van der Waals surface area (Å²) >= 11 is 3.33. The van der Waals surface area contributed by atoms with E-state index in [4.69, 9.17) is 0 Å². The molecule has 0 bridgehead atoms. The lowest BCUT2D eigenvalue weighted by molar-refractivity contribution is 0.686. The molecular formula is C7H6BrNOS. The Morgan fingerprint density at radius 3 is 3.18 bits per heavy atom. The van der Waals surface area contributed by atoms with Gasteiger partial charge in [0.05, 0.1) is 27.3 Å². The van der Waals surface area contributed by atoms with Crippen molar-refractivity contribution in [2.45, 2.75) is 4.90 Å². The fourth-order valence-electron chi connectivity index (χ4n) is 1.05. The number of hydrogen-bond donors (Lipinski definition) is 1. The van der Waals surface area contributed by atoms with Gasteiger partial charge in [0.25, 0.3) is 0 Å². The van der Waals surface area contributed by atoms with Crippen LogP contribution < -0.4 is 5.32 Å². The summed E-state index contributed by atoms with van der Waals surface area (Å²) < 4.78 is 12.2. The van der Waals surface area contributed by atoms with E-state index >= 15 is 0 Å². The zero-order valence-electron chi connectivity index (χ0n) is 5.63. The Labute approximate surface area is 75.6 Å². The minimum atomic E-state index is -0.849. The van der Waals surface area contributed by atoms with Gasteiger partial charge in [0, 0.05) is 4.47 Å². The van der Waals surface area contributed by atoms with Crippen LogP contribution in [0, 0.1) is 0 Å². The van der Waals surface area contributed by atoms with Crippen LogP contribution >= 0.6 is 15.9 Å². The van der Waals surface area contributed by atoms with Gasteiger partial charge in [0.15, 0.2) is 0 Å². The second-order valence-corrected chi connectivity index (χ2v) is 4.64. The summed E-state index contributed by atoms with van der Waals surface area (Å²) in [4.78, 5) is 0.902. The van der Waals surface area contributed by atoms with E-state index in [2.05, 4.69) is 21.2 Å². The first-order chi connectivity index (χ1) is 5.27. The summed E-state index contributed by atoms with van der Waals surface area (Å²) in [5.74, 6) is 0.547. The standard InChI is InChI=1S/C7H6BrNOS/c8-5-1-2-6-7(3-5)11(10)4-9-6/h1-3,9H,4H2/t11-/m1/s1. The highest BCUT2D eigenvalue weighted by Crippen LogP contribution is 2.28. The van der Waals surface area contributed by atoms with Gasteiger partial charge >= 0.3 is 0 Å². The van der Waals surface area contributed by atoms with Gasteiger partial charge in [-0.3, -0.25) is 4.21 Å². The molecule has 1 aliphatic rings. The molecule has 0 aliphatic carbocycles. The summed E-state index contributed by atoms with van der Waals surface area (Å²) in [5.41, 5.74) is 0.992. The molecule has 1 aromatic rings. The summed E-state index contributed by atoms with van der Waals surface area (Å²) in [5, 5.41) is 3.06. The molecule has 0 saturated heterocycles. The number of fused-ring (bicyclic) bond motifs is 1. The third-order valence-electron chi connectivity index (χ3n) is 1.58. The second kappa shape index (κ2) is 2.60. The molecule has 1 atom stereocenters. The number of halogens is 1. The maximum atomic E-state index is 11.2. The Hall–Kier alpha value is -0.350. The first-order valence-electron chi connectivity index (χ1n) is 3.19. The van der Waals surface area contributed by atoms with E-state index in [-0.39, 0.29) is 0 Å². The van der Waals surface area contributed by atoms with Crippen molar-refractivity contribution >= 4 is 32.4 Å². The van der Waals surface area contributed by atoms with E-state index in [1.807, 2.05) is 18.2 Å².